The van der Waals surface area contributed by atoms with Crippen molar-refractivity contribution >= 4 is 0 Å². The van der Waals surface area contributed by atoms with Gasteiger partial charge in [-0.15, -0.1) is 0 Å². The number of ether oxygens (including phenoxy) is 1. The summed E-state index contributed by atoms with van der Waals surface area (Å²) in [7, 11) is 0. The Kier molecular flexibility index (Phi) is 3.68. The van der Waals surface area contributed by atoms with Gasteiger partial charge in [-0.1, -0.05) is 30.3 Å². The molecule has 21 heavy (non-hydrogen) atoms. The van der Waals surface area contributed by atoms with Gasteiger partial charge in [-0.3, -0.25) is 4.98 Å². The van der Waals surface area contributed by atoms with Gasteiger partial charge in [0, 0.05) is 17.7 Å². The van der Waals surface area contributed by atoms with Crippen molar-refractivity contribution < 1.29 is 4.74 Å². The first kappa shape index (κ1) is 14.1. The molecule has 2 aromatic rings. The zero-order valence-electron chi connectivity index (χ0n) is 12.6. The highest BCUT2D eigenvalue weighted by Crippen LogP contribution is 2.55. The van der Waals surface area contributed by atoms with Crippen LogP contribution in [0.2, 0.25) is 0 Å². The van der Waals surface area contributed by atoms with E-state index in [0.29, 0.717) is 0 Å². The minimum Gasteiger partial charge on any atom is -0.489 e. The quantitative estimate of drug-likeness (QED) is 0.911. The molecular formula is C18H22N2O. The molecule has 0 aliphatic heterocycles. The first-order chi connectivity index (χ1) is 10.1. The van der Waals surface area contributed by atoms with Crippen LogP contribution in [0.4, 0.5) is 0 Å². The third-order valence-electron chi connectivity index (χ3n) is 4.20. The van der Waals surface area contributed by atoms with Crippen LogP contribution in [0.15, 0.2) is 48.8 Å². The first-order valence-electron chi connectivity index (χ1n) is 7.54. The normalized spacial score (nSPS) is 17.5. The van der Waals surface area contributed by atoms with Crippen molar-refractivity contribution in [2.75, 3.05) is 0 Å². The molecule has 1 saturated carbocycles. The molecule has 3 heteroatoms. The summed E-state index contributed by atoms with van der Waals surface area (Å²) in [5, 5.41) is 0. The monoisotopic (exact) mass is 282 g/mol. The maximum Gasteiger partial charge on any atom is 0.138 e. The standard InChI is InChI=1S/C18H22N2O/c1-13(2)21-16-10-14(11-20-12-16)17(19)18(8-9-18)15-6-4-3-5-7-15/h3-7,10-13,17H,8-9,19H2,1-2H3. The van der Waals surface area contributed by atoms with E-state index < -0.39 is 0 Å². The molecule has 0 saturated heterocycles. The number of nitrogens with two attached hydrogens (primary N) is 1. The third-order valence-corrected chi connectivity index (χ3v) is 4.20. The molecule has 0 amide bonds. The van der Waals surface area contributed by atoms with Gasteiger partial charge >= 0.3 is 0 Å². The second-order valence-corrected chi connectivity index (χ2v) is 6.12. The number of aromatic nitrogens is 1. The molecule has 1 aliphatic rings. The molecule has 0 spiro atoms. The predicted molar refractivity (Wildman–Crippen MR) is 84.3 cm³/mol. The minimum atomic E-state index is -0.0388. The fourth-order valence-corrected chi connectivity index (χ4v) is 2.95. The lowest BCUT2D eigenvalue weighted by atomic mass is 9.85. The SMILES string of the molecule is CC(C)Oc1cncc(C(N)C2(c3ccccc3)CC2)c1. The molecule has 110 valence electrons. The van der Waals surface area contributed by atoms with E-state index in [4.69, 9.17) is 10.5 Å². The highest BCUT2D eigenvalue weighted by molar-refractivity contribution is 5.39. The number of rotatable bonds is 5. The molecule has 1 aromatic heterocycles. The molecule has 1 heterocycles. The smallest absolute Gasteiger partial charge is 0.138 e. The molecule has 1 unspecified atom stereocenters. The molecule has 1 fully saturated rings. The lowest BCUT2D eigenvalue weighted by Crippen LogP contribution is -2.26. The van der Waals surface area contributed by atoms with Crippen LogP contribution in [0.1, 0.15) is 43.9 Å². The number of pyridine rings is 1. The van der Waals surface area contributed by atoms with Crippen molar-refractivity contribution in [2.45, 2.75) is 44.2 Å². The van der Waals surface area contributed by atoms with Crippen LogP contribution in [-0.4, -0.2) is 11.1 Å². The van der Waals surface area contributed by atoms with Crippen molar-refractivity contribution in [1.82, 2.24) is 4.98 Å². The number of nitrogens with zero attached hydrogens (tertiary/aromatic N) is 1. The van der Waals surface area contributed by atoms with E-state index in [1.165, 1.54) is 5.56 Å². The lowest BCUT2D eigenvalue weighted by Gasteiger charge is -2.24. The van der Waals surface area contributed by atoms with Gasteiger partial charge < -0.3 is 10.5 Å². The van der Waals surface area contributed by atoms with Gasteiger partial charge in [0.1, 0.15) is 5.75 Å². The summed E-state index contributed by atoms with van der Waals surface area (Å²) in [6.45, 7) is 4.03. The molecule has 2 N–H and O–H groups in total. The average Bonchev–Trinajstić information content (AvgIpc) is 3.29. The van der Waals surface area contributed by atoms with E-state index in [0.717, 1.165) is 24.2 Å². The Morgan fingerprint density at radius 2 is 1.86 bits per heavy atom. The molecule has 1 aromatic carbocycles. The predicted octanol–water partition coefficient (Wildman–Crippen LogP) is 3.60. The topological polar surface area (TPSA) is 48.1 Å². The van der Waals surface area contributed by atoms with Gasteiger partial charge in [0.15, 0.2) is 0 Å². The molecule has 1 atom stereocenters. The summed E-state index contributed by atoms with van der Waals surface area (Å²) in [6, 6.07) is 12.5. The Hall–Kier alpha value is -1.87. The molecule has 1 aliphatic carbocycles. The summed E-state index contributed by atoms with van der Waals surface area (Å²) in [5.74, 6) is 0.793. The molecule has 3 rings (SSSR count). The summed E-state index contributed by atoms with van der Waals surface area (Å²) >= 11 is 0. The van der Waals surface area contributed by atoms with E-state index in [-0.39, 0.29) is 17.6 Å². The zero-order chi connectivity index (χ0) is 14.9. The molecule has 0 radical (unpaired) electrons. The Labute approximate surface area is 126 Å². The third kappa shape index (κ3) is 2.79. The second-order valence-electron chi connectivity index (χ2n) is 6.12. The maximum atomic E-state index is 6.57. The highest BCUT2D eigenvalue weighted by atomic mass is 16.5. The summed E-state index contributed by atoms with van der Waals surface area (Å²) in [4.78, 5) is 4.29. The van der Waals surface area contributed by atoms with E-state index >= 15 is 0 Å². The van der Waals surface area contributed by atoms with Crippen LogP contribution in [0.5, 0.6) is 5.75 Å². The van der Waals surface area contributed by atoms with Gasteiger partial charge in [-0.25, -0.2) is 0 Å². The first-order valence-corrected chi connectivity index (χ1v) is 7.54. The lowest BCUT2D eigenvalue weighted by molar-refractivity contribution is 0.241. The fourth-order valence-electron chi connectivity index (χ4n) is 2.95. The van der Waals surface area contributed by atoms with Crippen LogP contribution in [-0.2, 0) is 5.41 Å². The molecular weight excluding hydrogens is 260 g/mol. The van der Waals surface area contributed by atoms with Crippen molar-refractivity contribution in [3.8, 4) is 5.75 Å². The Balaban J connectivity index is 1.87. The largest absolute Gasteiger partial charge is 0.489 e. The number of hydrogen-bond acceptors (Lipinski definition) is 3. The van der Waals surface area contributed by atoms with Crippen molar-refractivity contribution in [3.63, 3.8) is 0 Å². The highest BCUT2D eigenvalue weighted by Gasteiger charge is 2.49. The number of benzene rings is 1. The van der Waals surface area contributed by atoms with Crippen LogP contribution < -0.4 is 10.5 Å². The van der Waals surface area contributed by atoms with Gasteiger partial charge in [0.25, 0.3) is 0 Å². The Morgan fingerprint density at radius 3 is 2.48 bits per heavy atom. The fraction of sp³-hybridized carbons (Fsp3) is 0.389. The van der Waals surface area contributed by atoms with E-state index in [1.807, 2.05) is 32.2 Å². The summed E-state index contributed by atoms with van der Waals surface area (Å²) in [5.41, 5.74) is 9.02. The van der Waals surface area contributed by atoms with Crippen molar-refractivity contribution in [1.29, 1.82) is 0 Å². The summed E-state index contributed by atoms with van der Waals surface area (Å²) < 4.78 is 5.73. The van der Waals surface area contributed by atoms with Crippen molar-refractivity contribution in [2.24, 2.45) is 5.73 Å². The Morgan fingerprint density at radius 1 is 1.14 bits per heavy atom. The van der Waals surface area contributed by atoms with Crippen LogP contribution in [0.3, 0.4) is 0 Å². The molecule has 0 bridgehead atoms. The van der Waals surface area contributed by atoms with E-state index in [2.05, 4.69) is 29.2 Å². The van der Waals surface area contributed by atoms with Gasteiger partial charge in [0.05, 0.1) is 12.3 Å². The molecule has 3 nitrogen and oxygen atoms in total. The van der Waals surface area contributed by atoms with Crippen molar-refractivity contribution in [3.05, 3.63) is 59.9 Å². The average molecular weight is 282 g/mol. The van der Waals surface area contributed by atoms with Gasteiger partial charge in [-0.05, 0) is 43.9 Å². The number of hydrogen-bond donors (Lipinski definition) is 1. The minimum absolute atomic E-state index is 0.0388. The Bertz CT molecular complexity index is 606. The summed E-state index contributed by atoms with van der Waals surface area (Å²) in [6.07, 6.45) is 6.02. The second kappa shape index (κ2) is 5.49. The van der Waals surface area contributed by atoms with E-state index in [1.54, 1.807) is 6.20 Å². The van der Waals surface area contributed by atoms with Crippen LogP contribution >= 0.6 is 0 Å². The van der Waals surface area contributed by atoms with Crippen LogP contribution in [0.25, 0.3) is 0 Å². The maximum absolute atomic E-state index is 6.57. The zero-order valence-corrected chi connectivity index (χ0v) is 12.6. The van der Waals surface area contributed by atoms with E-state index in [9.17, 15) is 0 Å². The van der Waals surface area contributed by atoms with Gasteiger partial charge in [-0.2, -0.15) is 0 Å². The van der Waals surface area contributed by atoms with Gasteiger partial charge in [0.2, 0.25) is 0 Å². The van der Waals surface area contributed by atoms with Crippen LogP contribution in [0, 0.1) is 0 Å².